The van der Waals surface area contributed by atoms with E-state index < -0.39 is 5.60 Å². The average molecular weight is 290 g/mol. The Morgan fingerprint density at radius 3 is 2.29 bits per heavy atom. The van der Waals surface area contributed by atoms with E-state index in [1.165, 1.54) is 38.5 Å². The van der Waals surface area contributed by atoms with Crippen LogP contribution in [0.5, 0.6) is 0 Å². The van der Waals surface area contributed by atoms with E-state index in [0.717, 1.165) is 18.8 Å². The van der Waals surface area contributed by atoms with Gasteiger partial charge in [-0.1, -0.05) is 40.2 Å². The molecule has 0 aromatic rings. The number of hydrogen-bond donors (Lipinski definition) is 1. The van der Waals surface area contributed by atoms with Crippen LogP contribution in [0.25, 0.3) is 0 Å². The van der Waals surface area contributed by atoms with E-state index in [9.17, 15) is 5.11 Å². The lowest BCUT2D eigenvalue weighted by molar-refractivity contribution is -0.202. The molecule has 3 fully saturated rings. The highest BCUT2D eigenvalue weighted by molar-refractivity contribution is 5.13. The van der Waals surface area contributed by atoms with Crippen LogP contribution in [0.1, 0.15) is 79.1 Å². The van der Waals surface area contributed by atoms with Crippen LogP contribution in [0.15, 0.2) is 12.7 Å². The molecule has 0 spiro atoms. The highest BCUT2D eigenvalue weighted by Crippen LogP contribution is 2.66. The Hall–Kier alpha value is -0.300. The maximum Gasteiger partial charge on any atom is 0.0689 e. The van der Waals surface area contributed by atoms with E-state index in [4.69, 9.17) is 0 Å². The van der Waals surface area contributed by atoms with Crippen LogP contribution in [-0.4, -0.2) is 10.7 Å². The molecule has 0 aliphatic heterocycles. The molecular weight excluding hydrogens is 256 g/mol. The van der Waals surface area contributed by atoms with Gasteiger partial charge in [-0.2, -0.15) is 0 Å². The first kappa shape index (κ1) is 15.6. The third-order valence-electron chi connectivity index (χ3n) is 7.79. The molecule has 0 aromatic carbocycles. The minimum absolute atomic E-state index is 0.138. The van der Waals surface area contributed by atoms with Gasteiger partial charge < -0.3 is 5.11 Å². The summed E-state index contributed by atoms with van der Waals surface area (Å²) in [4.78, 5) is 0. The Balaban J connectivity index is 1.94. The minimum Gasteiger partial charge on any atom is -0.390 e. The molecule has 0 heterocycles. The molecule has 0 radical (unpaired) electrons. The lowest BCUT2D eigenvalue weighted by Crippen LogP contribution is -2.61. The van der Waals surface area contributed by atoms with E-state index in [1.54, 1.807) is 0 Å². The quantitative estimate of drug-likeness (QED) is 0.647. The van der Waals surface area contributed by atoms with Gasteiger partial charge in [0, 0.05) is 0 Å². The molecule has 3 aliphatic carbocycles. The fourth-order valence-electron chi connectivity index (χ4n) is 6.73. The van der Waals surface area contributed by atoms with Crippen LogP contribution in [0, 0.1) is 28.1 Å². The summed E-state index contributed by atoms with van der Waals surface area (Å²) in [5.41, 5.74) is 0.489. The number of rotatable bonds is 1. The lowest BCUT2D eigenvalue weighted by atomic mass is 9.42. The summed E-state index contributed by atoms with van der Waals surface area (Å²) in [5, 5.41) is 11.5. The Kier molecular flexibility index (Phi) is 3.41. The monoisotopic (exact) mass is 290 g/mol. The van der Waals surface area contributed by atoms with Crippen LogP contribution >= 0.6 is 0 Å². The number of fused-ring (bicyclic) bond motifs is 3. The number of aliphatic hydroxyl groups is 1. The SMILES string of the molecule is C=C[C@@]1(C)CC[C@@H]2[C@@](O)(CC[C@H]3C(C)(C)CCC[C@]23C)C1. The second kappa shape index (κ2) is 4.60. The van der Waals surface area contributed by atoms with Crippen molar-refractivity contribution in [1.29, 1.82) is 0 Å². The zero-order valence-electron chi connectivity index (χ0n) is 14.5. The summed E-state index contributed by atoms with van der Waals surface area (Å²) in [6.07, 6.45) is 11.6. The summed E-state index contributed by atoms with van der Waals surface area (Å²) in [6, 6.07) is 0. The van der Waals surface area contributed by atoms with Gasteiger partial charge in [0.2, 0.25) is 0 Å². The highest BCUT2D eigenvalue weighted by atomic mass is 16.3. The van der Waals surface area contributed by atoms with Crippen molar-refractivity contribution in [1.82, 2.24) is 0 Å². The van der Waals surface area contributed by atoms with E-state index in [0.29, 0.717) is 16.7 Å². The van der Waals surface area contributed by atoms with Gasteiger partial charge in [-0.15, -0.1) is 6.58 Å². The molecule has 0 amide bonds. The second-order valence-corrected chi connectivity index (χ2v) is 9.67. The van der Waals surface area contributed by atoms with Crippen molar-refractivity contribution in [2.24, 2.45) is 28.1 Å². The Bertz CT molecular complexity index is 439. The molecule has 3 rings (SSSR count). The molecule has 0 bridgehead atoms. The lowest BCUT2D eigenvalue weighted by Gasteiger charge is -2.64. The first-order valence-electron chi connectivity index (χ1n) is 9.01. The van der Waals surface area contributed by atoms with Gasteiger partial charge in [0.15, 0.2) is 0 Å². The predicted octanol–water partition coefficient (Wildman–Crippen LogP) is 5.34. The number of allylic oxidation sites excluding steroid dienone is 1. The first-order chi connectivity index (χ1) is 9.65. The van der Waals surface area contributed by atoms with Gasteiger partial charge >= 0.3 is 0 Å². The van der Waals surface area contributed by atoms with E-state index >= 15 is 0 Å². The van der Waals surface area contributed by atoms with Crippen molar-refractivity contribution in [3.8, 4) is 0 Å². The molecule has 1 N–H and O–H groups in total. The maximum absolute atomic E-state index is 11.5. The number of hydrogen-bond acceptors (Lipinski definition) is 1. The topological polar surface area (TPSA) is 20.2 Å². The highest BCUT2D eigenvalue weighted by Gasteiger charge is 2.61. The largest absolute Gasteiger partial charge is 0.390 e. The predicted molar refractivity (Wildman–Crippen MR) is 89.1 cm³/mol. The zero-order chi connectivity index (χ0) is 15.5. The van der Waals surface area contributed by atoms with E-state index in [2.05, 4.69) is 40.3 Å². The second-order valence-electron chi connectivity index (χ2n) is 9.67. The van der Waals surface area contributed by atoms with Crippen molar-refractivity contribution < 1.29 is 5.11 Å². The fourth-order valence-corrected chi connectivity index (χ4v) is 6.73. The normalized spacial score (nSPS) is 52.6. The average Bonchev–Trinajstić information content (AvgIpc) is 2.36. The molecule has 1 heteroatoms. The Morgan fingerprint density at radius 2 is 1.62 bits per heavy atom. The van der Waals surface area contributed by atoms with Gasteiger partial charge in [0.1, 0.15) is 0 Å². The van der Waals surface area contributed by atoms with Crippen LogP contribution in [0.2, 0.25) is 0 Å². The first-order valence-corrected chi connectivity index (χ1v) is 9.01. The molecule has 0 unspecified atom stereocenters. The minimum atomic E-state index is -0.445. The molecule has 0 aromatic heterocycles. The van der Waals surface area contributed by atoms with Crippen molar-refractivity contribution in [3.05, 3.63) is 12.7 Å². The van der Waals surface area contributed by atoms with Crippen LogP contribution in [0.3, 0.4) is 0 Å². The van der Waals surface area contributed by atoms with Crippen molar-refractivity contribution in [2.45, 2.75) is 84.7 Å². The molecular formula is C20H34O. The smallest absolute Gasteiger partial charge is 0.0689 e. The van der Waals surface area contributed by atoms with Crippen LogP contribution in [0.4, 0.5) is 0 Å². The van der Waals surface area contributed by atoms with Gasteiger partial charge in [-0.05, 0) is 73.0 Å². The molecule has 120 valence electrons. The Morgan fingerprint density at radius 1 is 0.952 bits per heavy atom. The molecule has 21 heavy (non-hydrogen) atoms. The summed E-state index contributed by atoms with van der Waals surface area (Å²) in [5.74, 6) is 1.29. The van der Waals surface area contributed by atoms with Gasteiger partial charge in [-0.3, -0.25) is 0 Å². The standard InChI is InChI=1S/C20H34O/c1-6-18(4)12-8-16-19(5)11-7-10-17(2,3)15(19)9-13-20(16,21)14-18/h6,15-16,21H,1,7-14H2,2-5H3/t15-,16-,18-,19-,20+/m0/s1. The van der Waals surface area contributed by atoms with Gasteiger partial charge in [-0.25, -0.2) is 0 Å². The van der Waals surface area contributed by atoms with Gasteiger partial charge in [0.25, 0.3) is 0 Å². The third-order valence-corrected chi connectivity index (χ3v) is 7.79. The molecule has 0 saturated heterocycles. The molecule has 3 saturated carbocycles. The van der Waals surface area contributed by atoms with Gasteiger partial charge in [0.05, 0.1) is 5.60 Å². The van der Waals surface area contributed by atoms with Crippen LogP contribution in [-0.2, 0) is 0 Å². The molecule has 1 nitrogen and oxygen atoms in total. The van der Waals surface area contributed by atoms with Crippen molar-refractivity contribution in [3.63, 3.8) is 0 Å². The third kappa shape index (κ3) is 2.22. The van der Waals surface area contributed by atoms with Crippen LogP contribution < -0.4 is 0 Å². The zero-order valence-corrected chi connectivity index (χ0v) is 14.5. The molecule has 5 atom stereocenters. The van der Waals surface area contributed by atoms with Crippen molar-refractivity contribution in [2.75, 3.05) is 0 Å². The summed E-state index contributed by atoms with van der Waals surface area (Å²) in [6.45, 7) is 13.8. The summed E-state index contributed by atoms with van der Waals surface area (Å²) < 4.78 is 0. The fraction of sp³-hybridized carbons (Fsp3) is 0.900. The summed E-state index contributed by atoms with van der Waals surface area (Å²) >= 11 is 0. The van der Waals surface area contributed by atoms with Crippen molar-refractivity contribution >= 4 is 0 Å². The summed E-state index contributed by atoms with van der Waals surface area (Å²) in [7, 11) is 0. The molecule has 3 aliphatic rings. The Labute approximate surface area is 131 Å². The van der Waals surface area contributed by atoms with E-state index in [1.807, 2.05) is 0 Å². The maximum atomic E-state index is 11.5. The van der Waals surface area contributed by atoms with E-state index in [-0.39, 0.29) is 5.41 Å².